The molecule has 0 fully saturated rings. The Morgan fingerprint density at radius 3 is 3.17 bits per heavy atom. The van der Waals surface area contributed by atoms with Crippen LogP contribution in [0.15, 0.2) is 30.7 Å². The fourth-order valence-electron chi connectivity index (χ4n) is 3.26. The molecule has 3 aromatic rings. The van der Waals surface area contributed by atoms with Gasteiger partial charge in [0.25, 0.3) is 0 Å². The van der Waals surface area contributed by atoms with Crippen LogP contribution >= 0.6 is 0 Å². The smallest absolute Gasteiger partial charge is 0.137 e. The van der Waals surface area contributed by atoms with E-state index in [1.807, 2.05) is 18.5 Å². The van der Waals surface area contributed by atoms with Gasteiger partial charge in [-0.05, 0) is 36.1 Å². The summed E-state index contributed by atoms with van der Waals surface area (Å²) < 4.78 is 0. The van der Waals surface area contributed by atoms with Crippen LogP contribution in [0.4, 0.5) is 0 Å². The number of nitrogens with one attached hydrogen (secondary N) is 1. The first-order valence-corrected chi connectivity index (χ1v) is 8.30. The third-order valence-corrected chi connectivity index (χ3v) is 4.48. The summed E-state index contributed by atoms with van der Waals surface area (Å²) in [7, 11) is 0. The van der Waals surface area contributed by atoms with Gasteiger partial charge in [-0.1, -0.05) is 6.92 Å². The Hall–Kier alpha value is -2.27. The zero-order chi connectivity index (χ0) is 15.6. The van der Waals surface area contributed by atoms with Crippen molar-refractivity contribution in [3.8, 4) is 0 Å². The summed E-state index contributed by atoms with van der Waals surface area (Å²) in [5, 5.41) is 1.22. The van der Waals surface area contributed by atoms with Crippen LogP contribution < -0.4 is 0 Å². The van der Waals surface area contributed by atoms with Gasteiger partial charge in [0.2, 0.25) is 0 Å². The van der Waals surface area contributed by atoms with Gasteiger partial charge in [-0.2, -0.15) is 0 Å². The summed E-state index contributed by atoms with van der Waals surface area (Å²) >= 11 is 0. The second-order valence-corrected chi connectivity index (χ2v) is 6.18. The maximum absolute atomic E-state index is 4.77. The average Bonchev–Trinajstić information content (AvgIpc) is 2.98. The monoisotopic (exact) mass is 307 g/mol. The molecule has 4 rings (SSSR count). The molecule has 5 nitrogen and oxygen atoms in total. The number of aromatic amines is 1. The lowest BCUT2D eigenvalue weighted by Gasteiger charge is -2.27. The van der Waals surface area contributed by atoms with Crippen molar-refractivity contribution in [2.24, 2.45) is 0 Å². The van der Waals surface area contributed by atoms with Crippen molar-refractivity contribution < 1.29 is 0 Å². The molecule has 0 aromatic carbocycles. The summed E-state index contributed by atoms with van der Waals surface area (Å²) in [5.41, 5.74) is 4.78. The van der Waals surface area contributed by atoms with E-state index in [1.54, 1.807) is 0 Å². The van der Waals surface area contributed by atoms with Gasteiger partial charge in [0.15, 0.2) is 0 Å². The molecule has 0 aliphatic carbocycles. The van der Waals surface area contributed by atoms with Crippen molar-refractivity contribution in [1.82, 2.24) is 24.8 Å². The first kappa shape index (κ1) is 14.3. The topological polar surface area (TPSA) is 57.7 Å². The number of H-pyrrole nitrogens is 1. The quantitative estimate of drug-likeness (QED) is 0.805. The van der Waals surface area contributed by atoms with Crippen LogP contribution in [-0.2, 0) is 25.9 Å². The minimum absolute atomic E-state index is 0.904. The molecule has 23 heavy (non-hydrogen) atoms. The van der Waals surface area contributed by atoms with Gasteiger partial charge in [0.05, 0.1) is 5.69 Å². The normalized spacial score (nSPS) is 15.0. The Bertz CT molecular complexity index is 823. The van der Waals surface area contributed by atoms with Gasteiger partial charge >= 0.3 is 0 Å². The zero-order valence-corrected chi connectivity index (χ0v) is 13.4. The lowest BCUT2D eigenvalue weighted by atomic mass is 10.1. The fourth-order valence-corrected chi connectivity index (χ4v) is 3.26. The molecule has 1 N–H and O–H groups in total. The molecule has 0 atom stereocenters. The molecule has 0 radical (unpaired) electrons. The van der Waals surface area contributed by atoms with Crippen LogP contribution in [0.25, 0.3) is 11.0 Å². The van der Waals surface area contributed by atoms with Crippen molar-refractivity contribution in [3.63, 3.8) is 0 Å². The van der Waals surface area contributed by atoms with E-state index < -0.39 is 0 Å². The first-order chi connectivity index (χ1) is 11.3. The molecule has 1 aliphatic rings. The maximum atomic E-state index is 4.77. The number of hydrogen-bond acceptors (Lipinski definition) is 4. The van der Waals surface area contributed by atoms with E-state index in [1.165, 1.54) is 22.2 Å². The molecular formula is C18H21N5. The lowest BCUT2D eigenvalue weighted by Crippen LogP contribution is -2.31. The van der Waals surface area contributed by atoms with Gasteiger partial charge < -0.3 is 4.98 Å². The second-order valence-electron chi connectivity index (χ2n) is 6.18. The van der Waals surface area contributed by atoms with E-state index in [0.29, 0.717) is 0 Å². The number of fused-ring (bicyclic) bond motifs is 2. The van der Waals surface area contributed by atoms with Crippen LogP contribution in [0.1, 0.15) is 36.0 Å². The third-order valence-electron chi connectivity index (χ3n) is 4.48. The minimum Gasteiger partial charge on any atom is -0.346 e. The molecule has 0 spiro atoms. The van der Waals surface area contributed by atoms with Crippen LogP contribution in [0.5, 0.6) is 0 Å². The molecule has 0 bridgehead atoms. The fraction of sp³-hybridized carbons (Fsp3) is 0.389. The summed E-state index contributed by atoms with van der Waals surface area (Å²) in [6.07, 6.45) is 9.01. The Labute approximate surface area is 135 Å². The maximum Gasteiger partial charge on any atom is 0.137 e. The van der Waals surface area contributed by atoms with Crippen molar-refractivity contribution >= 4 is 11.0 Å². The van der Waals surface area contributed by atoms with E-state index in [-0.39, 0.29) is 0 Å². The first-order valence-electron chi connectivity index (χ1n) is 8.30. The molecular weight excluding hydrogens is 286 g/mol. The Morgan fingerprint density at radius 2 is 2.26 bits per heavy atom. The summed E-state index contributed by atoms with van der Waals surface area (Å²) in [6, 6.07) is 4.13. The number of aryl methyl sites for hydroxylation is 1. The van der Waals surface area contributed by atoms with E-state index in [9.17, 15) is 0 Å². The SMILES string of the molecule is CCCc1ncc2c(n1)CN(Cc1c[nH]c3ncccc13)CC2. The highest BCUT2D eigenvalue weighted by Gasteiger charge is 2.19. The number of aromatic nitrogens is 4. The highest BCUT2D eigenvalue weighted by Crippen LogP contribution is 2.22. The second kappa shape index (κ2) is 6.08. The van der Waals surface area contributed by atoms with E-state index in [4.69, 9.17) is 4.98 Å². The number of hydrogen-bond donors (Lipinski definition) is 1. The van der Waals surface area contributed by atoms with Crippen LogP contribution in [0.3, 0.4) is 0 Å². The molecule has 0 unspecified atom stereocenters. The van der Waals surface area contributed by atoms with E-state index in [0.717, 1.165) is 50.4 Å². The van der Waals surface area contributed by atoms with Crippen LogP contribution in [-0.4, -0.2) is 31.4 Å². The van der Waals surface area contributed by atoms with Gasteiger partial charge in [-0.3, -0.25) is 4.90 Å². The van der Waals surface area contributed by atoms with Gasteiger partial charge in [-0.25, -0.2) is 15.0 Å². The van der Waals surface area contributed by atoms with E-state index in [2.05, 4.69) is 39.0 Å². The van der Waals surface area contributed by atoms with Crippen LogP contribution in [0.2, 0.25) is 0 Å². The van der Waals surface area contributed by atoms with E-state index >= 15 is 0 Å². The number of pyridine rings is 1. The van der Waals surface area contributed by atoms with Crippen LogP contribution in [0, 0.1) is 0 Å². The summed E-state index contributed by atoms with van der Waals surface area (Å²) in [4.78, 5) is 19.3. The molecule has 118 valence electrons. The van der Waals surface area contributed by atoms with Gasteiger partial charge in [-0.15, -0.1) is 0 Å². The Morgan fingerprint density at radius 1 is 1.30 bits per heavy atom. The number of nitrogens with zero attached hydrogens (tertiary/aromatic N) is 4. The molecule has 0 amide bonds. The van der Waals surface area contributed by atoms with Gasteiger partial charge in [0, 0.05) is 50.0 Å². The summed E-state index contributed by atoms with van der Waals surface area (Å²) in [6.45, 7) is 5.05. The van der Waals surface area contributed by atoms with Crippen molar-refractivity contribution in [1.29, 1.82) is 0 Å². The zero-order valence-electron chi connectivity index (χ0n) is 13.4. The molecule has 1 aliphatic heterocycles. The minimum atomic E-state index is 0.904. The molecule has 5 heteroatoms. The van der Waals surface area contributed by atoms with Crippen molar-refractivity contribution in [2.45, 2.75) is 39.3 Å². The largest absolute Gasteiger partial charge is 0.346 e. The Balaban J connectivity index is 1.54. The van der Waals surface area contributed by atoms with Gasteiger partial charge in [0.1, 0.15) is 11.5 Å². The Kier molecular flexibility index (Phi) is 3.79. The van der Waals surface area contributed by atoms with Crippen molar-refractivity contribution in [3.05, 3.63) is 53.4 Å². The summed E-state index contributed by atoms with van der Waals surface area (Å²) in [5.74, 6) is 0.976. The third kappa shape index (κ3) is 2.84. The number of rotatable bonds is 4. The standard InChI is InChI=1S/C18H21N5/c1-2-4-17-20-9-13-6-8-23(12-16(13)22-17)11-14-10-21-18-15(14)5-3-7-19-18/h3,5,7,9-10H,2,4,6,8,11-12H2,1H3,(H,19,21). The highest BCUT2D eigenvalue weighted by atomic mass is 15.1. The molecule has 3 aromatic heterocycles. The van der Waals surface area contributed by atoms with Crippen molar-refractivity contribution in [2.75, 3.05) is 6.54 Å². The lowest BCUT2D eigenvalue weighted by molar-refractivity contribution is 0.241. The predicted octanol–water partition coefficient (Wildman–Crippen LogP) is 2.86. The molecule has 0 saturated heterocycles. The molecule has 4 heterocycles. The predicted molar refractivity (Wildman–Crippen MR) is 89.9 cm³/mol. The average molecular weight is 307 g/mol. The highest BCUT2D eigenvalue weighted by molar-refractivity contribution is 5.79. The molecule has 0 saturated carbocycles.